The highest BCUT2D eigenvalue weighted by Crippen LogP contribution is 2.23. The molecule has 2 aliphatic heterocycles. The van der Waals surface area contributed by atoms with Gasteiger partial charge in [-0.05, 0) is 36.6 Å². The van der Waals surface area contributed by atoms with Gasteiger partial charge >= 0.3 is 0 Å². The highest BCUT2D eigenvalue weighted by atomic mass is 35.5. The van der Waals surface area contributed by atoms with E-state index < -0.39 is 0 Å². The van der Waals surface area contributed by atoms with Gasteiger partial charge in [-0.25, -0.2) is 9.98 Å². The second-order valence-corrected chi connectivity index (χ2v) is 8.75. The number of carbonyl (C=O) groups is 2. The number of rotatable bonds is 5. The largest absolute Gasteiger partial charge is 0.481 e. The van der Waals surface area contributed by atoms with Gasteiger partial charge < -0.3 is 14.5 Å². The lowest BCUT2D eigenvalue weighted by molar-refractivity contribution is -0.126. The fourth-order valence-corrected chi connectivity index (χ4v) is 4.49. The van der Waals surface area contributed by atoms with E-state index in [0.29, 0.717) is 49.2 Å². The number of nitrogens with zero attached hydrogens (tertiary/aromatic N) is 5. The first-order valence-corrected chi connectivity index (χ1v) is 11.8. The molecule has 9 heteroatoms. The molecule has 1 aromatic carbocycles. The van der Waals surface area contributed by atoms with Gasteiger partial charge in [0.1, 0.15) is 5.69 Å². The number of amides is 2. The van der Waals surface area contributed by atoms with Crippen molar-refractivity contribution in [1.82, 2.24) is 14.8 Å². The number of benzene rings is 1. The zero-order chi connectivity index (χ0) is 24.1. The van der Waals surface area contributed by atoms with Crippen LogP contribution < -0.4 is 4.74 Å². The number of aromatic nitrogens is 1. The van der Waals surface area contributed by atoms with Gasteiger partial charge in [-0.3, -0.25) is 14.6 Å². The third-order valence-corrected chi connectivity index (χ3v) is 6.44. The average Bonchev–Trinajstić information content (AvgIpc) is 3.14. The number of pyridine rings is 1. The molecule has 1 unspecified atom stereocenters. The molecule has 2 aromatic rings. The molecule has 1 aromatic heterocycles. The number of amidine groups is 1. The molecule has 3 heterocycles. The van der Waals surface area contributed by atoms with E-state index >= 15 is 0 Å². The minimum atomic E-state index is -0.201. The van der Waals surface area contributed by atoms with E-state index in [1.807, 2.05) is 31.2 Å². The van der Waals surface area contributed by atoms with Crippen LogP contribution in [0.25, 0.3) is 0 Å². The predicted molar refractivity (Wildman–Crippen MR) is 132 cm³/mol. The van der Waals surface area contributed by atoms with Crippen molar-refractivity contribution >= 4 is 35.5 Å². The van der Waals surface area contributed by atoms with E-state index in [2.05, 4.69) is 15.0 Å². The van der Waals surface area contributed by atoms with Gasteiger partial charge in [-0.15, -0.1) is 0 Å². The molecule has 0 bridgehead atoms. The van der Waals surface area contributed by atoms with Gasteiger partial charge in [0.05, 0.1) is 7.11 Å². The molecule has 2 atom stereocenters. The standard InChI is InChI=1S/C25H28ClN5O3/c1-3-20-16-30(12-13-31(20)24(32)21-8-5-9-22(29-21)34-2)25(33)23-27-11-10-18(15-28-23)17-6-4-7-19(26)14-17/h4-9,14-15,18,20H,3,10-13,16H2,1-2H3/t18-,20?/m1/s1. The minimum absolute atomic E-state index is 0.0565. The lowest BCUT2D eigenvalue weighted by Crippen LogP contribution is -2.57. The van der Waals surface area contributed by atoms with Crippen LogP contribution in [-0.4, -0.2) is 78.0 Å². The van der Waals surface area contributed by atoms with Gasteiger partial charge in [0.2, 0.25) is 11.7 Å². The smallest absolute Gasteiger partial charge is 0.291 e. The molecule has 0 aliphatic carbocycles. The van der Waals surface area contributed by atoms with Crippen LogP contribution in [0, 0.1) is 0 Å². The van der Waals surface area contributed by atoms with E-state index in [0.717, 1.165) is 12.0 Å². The molecule has 34 heavy (non-hydrogen) atoms. The van der Waals surface area contributed by atoms with Gasteiger partial charge in [0, 0.05) is 55.4 Å². The first-order valence-electron chi connectivity index (χ1n) is 11.5. The Hall–Kier alpha value is -3.26. The summed E-state index contributed by atoms with van der Waals surface area (Å²) in [6, 6.07) is 12.7. The lowest BCUT2D eigenvalue weighted by Gasteiger charge is -2.40. The predicted octanol–water partition coefficient (Wildman–Crippen LogP) is 3.46. The summed E-state index contributed by atoms with van der Waals surface area (Å²) in [5.74, 6) is 0.308. The average molecular weight is 482 g/mol. The Kier molecular flexibility index (Phi) is 7.57. The molecule has 0 saturated carbocycles. The van der Waals surface area contributed by atoms with Crippen molar-refractivity contribution in [3.63, 3.8) is 0 Å². The quantitative estimate of drug-likeness (QED) is 0.654. The molecule has 2 amide bonds. The Morgan fingerprint density at radius 2 is 1.97 bits per heavy atom. The van der Waals surface area contributed by atoms with Crippen molar-refractivity contribution < 1.29 is 14.3 Å². The number of halogens is 1. The molecule has 1 fully saturated rings. The van der Waals surface area contributed by atoms with Crippen LogP contribution in [0.1, 0.15) is 41.7 Å². The highest BCUT2D eigenvalue weighted by molar-refractivity contribution is 6.39. The monoisotopic (exact) mass is 481 g/mol. The van der Waals surface area contributed by atoms with Crippen molar-refractivity contribution in [2.24, 2.45) is 9.98 Å². The molecule has 178 valence electrons. The third-order valence-electron chi connectivity index (χ3n) is 6.20. The van der Waals surface area contributed by atoms with Gasteiger partial charge in [0.15, 0.2) is 0 Å². The summed E-state index contributed by atoms with van der Waals surface area (Å²) < 4.78 is 5.15. The van der Waals surface area contributed by atoms with E-state index in [4.69, 9.17) is 16.3 Å². The molecule has 8 nitrogen and oxygen atoms in total. The van der Waals surface area contributed by atoms with E-state index in [-0.39, 0.29) is 29.6 Å². The van der Waals surface area contributed by atoms with E-state index in [1.165, 1.54) is 7.11 Å². The molecular formula is C25H28ClN5O3. The van der Waals surface area contributed by atoms with Crippen molar-refractivity contribution in [1.29, 1.82) is 0 Å². The summed E-state index contributed by atoms with van der Waals surface area (Å²) in [6.07, 6.45) is 3.26. The summed E-state index contributed by atoms with van der Waals surface area (Å²) >= 11 is 6.13. The number of hydrogen-bond acceptors (Lipinski definition) is 6. The maximum atomic E-state index is 13.2. The Morgan fingerprint density at radius 3 is 2.74 bits per heavy atom. The van der Waals surface area contributed by atoms with Crippen molar-refractivity contribution in [2.45, 2.75) is 31.7 Å². The van der Waals surface area contributed by atoms with Crippen LogP contribution in [-0.2, 0) is 4.79 Å². The van der Waals surface area contributed by atoms with E-state index in [9.17, 15) is 9.59 Å². The van der Waals surface area contributed by atoms with Crippen LogP contribution in [0.5, 0.6) is 5.88 Å². The lowest BCUT2D eigenvalue weighted by atomic mass is 9.97. The minimum Gasteiger partial charge on any atom is -0.481 e. The van der Waals surface area contributed by atoms with Crippen LogP contribution in [0.2, 0.25) is 5.02 Å². The third kappa shape index (κ3) is 5.28. The Balaban J connectivity index is 1.43. The second-order valence-electron chi connectivity index (χ2n) is 8.31. The van der Waals surface area contributed by atoms with Crippen molar-refractivity contribution in [3.8, 4) is 5.88 Å². The molecule has 0 N–H and O–H groups in total. The number of methoxy groups -OCH3 is 1. The number of piperazine rings is 1. The Bertz CT molecular complexity index is 1120. The van der Waals surface area contributed by atoms with Crippen LogP contribution in [0.15, 0.2) is 52.4 Å². The maximum Gasteiger partial charge on any atom is 0.291 e. The number of ether oxygens (including phenoxy) is 1. The summed E-state index contributed by atoms with van der Waals surface area (Å²) in [5.41, 5.74) is 1.40. The second kappa shape index (κ2) is 10.8. The fraction of sp³-hybridized carbons (Fsp3) is 0.400. The first kappa shape index (κ1) is 23.9. The Morgan fingerprint density at radius 1 is 1.15 bits per heavy atom. The van der Waals surface area contributed by atoms with Gasteiger partial charge in [-0.2, -0.15) is 0 Å². The highest BCUT2D eigenvalue weighted by Gasteiger charge is 2.34. The normalized spacial score (nSPS) is 20.5. The molecule has 0 radical (unpaired) electrons. The van der Waals surface area contributed by atoms with Crippen LogP contribution >= 0.6 is 11.6 Å². The number of carbonyl (C=O) groups excluding carboxylic acids is 2. The van der Waals surface area contributed by atoms with Gasteiger partial charge in [-0.1, -0.05) is 36.7 Å². The Labute approximate surface area is 204 Å². The summed E-state index contributed by atoms with van der Waals surface area (Å²) in [7, 11) is 1.52. The molecule has 4 rings (SSSR count). The zero-order valence-corrected chi connectivity index (χ0v) is 20.1. The molecule has 2 aliphatic rings. The summed E-state index contributed by atoms with van der Waals surface area (Å²) in [5, 5.41) is 0.675. The molecule has 0 spiro atoms. The van der Waals surface area contributed by atoms with Crippen LogP contribution in [0.3, 0.4) is 0 Å². The molecule has 1 saturated heterocycles. The number of aliphatic imine (C=N–C) groups is 2. The van der Waals surface area contributed by atoms with E-state index in [1.54, 1.807) is 34.2 Å². The van der Waals surface area contributed by atoms with Crippen molar-refractivity contribution in [3.05, 3.63) is 58.7 Å². The SMILES string of the molecule is CCC1CN(C(=O)C2=NCC[C@@H](c3cccc(Cl)c3)C=N2)CCN1C(=O)c1cccc(OC)n1. The van der Waals surface area contributed by atoms with Gasteiger partial charge in [0.25, 0.3) is 11.8 Å². The van der Waals surface area contributed by atoms with Crippen LogP contribution in [0.4, 0.5) is 0 Å². The number of hydrogen-bond donors (Lipinski definition) is 0. The maximum absolute atomic E-state index is 13.2. The summed E-state index contributed by atoms with van der Waals surface area (Å²) in [6.45, 7) is 3.78. The molecular weight excluding hydrogens is 454 g/mol. The summed E-state index contributed by atoms with van der Waals surface area (Å²) in [4.78, 5) is 43.0. The zero-order valence-electron chi connectivity index (χ0n) is 19.4. The van der Waals surface area contributed by atoms with Crippen molar-refractivity contribution in [2.75, 3.05) is 33.3 Å². The fourth-order valence-electron chi connectivity index (χ4n) is 4.29. The topological polar surface area (TPSA) is 87.5 Å². The first-order chi connectivity index (χ1) is 16.5.